The molecule has 0 unspecified atom stereocenters. The van der Waals surface area contributed by atoms with Gasteiger partial charge in [-0.25, -0.2) is 8.42 Å². The Morgan fingerprint density at radius 3 is 2.59 bits per heavy atom. The van der Waals surface area contributed by atoms with Crippen LogP contribution in [0.4, 0.5) is 0 Å². The van der Waals surface area contributed by atoms with Gasteiger partial charge in [-0.3, -0.25) is 14.9 Å². The molecule has 1 aromatic carbocycles. The van der Waals surface area contributed by atoms with E-state index in [1.165, 1.54) is 0 Å². The zero-order chi connectivity index (χ0) is 18.4. The van der Waals surface area contributed by atoms with Crippen LogP contribution in [0, 0.1) is 0 Å². The molecule has 0 aliphatic carbocycles. The van der Waals surface area contributed by atoms with E-state index in [9.17, 15) is 8.42 Å². The van der Waals surface area contributed by atoms with Crippen molar-refractivity contribution in [3.05, 3.63) is 78.4 Å². The van der Waals surface area contributed by atoms with Crippen molar-refractivity contribution in [2.24, 2.45) is 0 Å². The molecule has 5 nitrogen and oxygen atoms in total. The van der Waals surface area contributed by atoms with Crippen LogP contribution < -0.4 is 0 Å². The minimum atomic E-state index is -3.28. The lowest BCUT2D eigenvalue weighted by Gasteiger charge is -2.17. The molecule has 1 fully saturated rings. The van der Waals surface area contributed by atoms with E-state index >= 15 is 0 Å². The van der Waals surface area contributed by atoms with E-state index in [0.717, 1.165) is 35.3 Å². The Labute approximate surface area is 158 Å². The lowest BCUT2D eigenvalue weighted by molar-refractivity contribution is 0.325. The Hall–Kier alpha value is -2.57. The molecule has 0 N–H and O–H groups in total. The number of aromatic nitrogens is 2. The van der Waals surface area contributed by atoms with Crippen molar-refractivity contribution >= 4 is 9.84 Å². The van der Waals surface area contributed by atoms with Crippen molar-refractivity contribution in [3.8, 4) is 11.1 Å². The molecule has 1 saturated heterocycles. The maximum absolute atomic E-state index is 13.1. The number of sulfone groups is 1. The lowest BCUT2D eigenvalue weighted by Crippen LogP contribution is -2.25. The number of pyridine rings is 2. The van der Waals surface area contributed by atoms with Crippen molar-refractivity contribution in [1.82, 2.24) is 14.9 Å². The standard InChI is InChI=1S/C21H19N3O2S/c25-27(26)20-4-3-17(16-5-8-22-9-6-16)10-18(20)19-13-24(14-21(19)27)12-15-2-1-7-23-11-15/h1-11,19,21H,12-14H2/t19-,21-/m0/s1. The summed E-state index contributed by atoms with van der Waals surface area (Å²) in [5.41, 5.74) is 4.17. The predicted molar refractivity (Wildman–Crippen MR) is 103 cm³/mol. The smallest absolute Gasteiger partial charge is 0.183 e. The normalized spacial score (nSPS) is 23.1. The second-order valence-electron chi connectivity index (χ2n) is 7.23. The average molecular weight is 377 g/mol. The van der Waals surface area contributed by atoms with Crippen LogP contribution >= 0.6 is 0 Å². The predicted octanol–water partition coefficient (Wildman–Crippen LogP) is 2.90. The molecule has 27 heavy (non-hydrogen) atoms. The topological polar surface area (TPSA) is 63.2 Å². The minimum Gasteiger partial charge on any atom is -0.297 e. The number of rotatable bonds is 3. The number of nitrogens with zero attached hydrogens (tertiary/aromatic N) is 3. The van der Waals surface area contributed by atoms with Gasteiger partial charge in [0.05, 0.1) is 10.1 Å². The summed E-state index contributed by atoms with van der Waals surface area (Å²) >= 11 is 0. The van der Waals surface area contributed by atoms with Crippen LogP contribution in [-0.2, 0) is 16.4 Å². The molecule has 6 heteroatoms. The zero-order valence-corrected chi connectivity index (χ0v) is 15.5. The second-order valence-corrected chi connectivity index (χ2v) is 9.37. The van der Waals surface area contributed by atoms with Gasteiger partial charge in [-0.2, -0.15) is 0 Å². The van der Waals surface area contributed by atoms with Gasteiger partial charge in [-0.1, -0.05) is 12.1 Å². The third-order valence-electron chi connectivity index (χ3n) is 5.60. The molecule has 2 aliphatic heterocycles. The van der Waals surface area contributed by atoms with Gasteiger partial charge < -0.3 is 0 Å². The molecular formula is C21H19N3O2S. The van der Waals surface area contributed by atoms with Gasteiger partial charge in [0, 0.05) is 50.3 Å². The van der Waals surface area contributed by atoms with Crippen molar-refractivity contribution in [3.63, 3.8) is 0 Å². The van der Waals surface area contributed by atoms with Gasteiger partial charge in [0.2, 0.25) is 0 Å². The second kappa shape index (κ2) is 6.25. The van der Waals surface area contributed by atoms with E-state index in [1.54, 1.807) is 24.7 Å². The minimum absolute atomic E-state index is 0.0310. The zero-order valence-electron chi connectivity index (χ0n) is 14.7. The molecule has 0 amide bonds. The Kier molecular flexibility index (Phi) is 3.84. The number of benzene rings is 1. The highest BCUT2D eigenvalue weighted by molar-refractivity contribution is 7.92. The summed E-state index contributed by atoms with van der Waals surface area (Å²) in [6, 6.07) is 13.6. The Morgan fingerprint density at radius 2 is 1.81 bits per heavy atom. The number of hydrogen-bond donors (Lipinski definition) is 0. The summed E-state index contributed by atoms with van der Waals surface area (Å²) in [4.78, 5) is 11.0. The first-order chi connectivity index (χ1) is 13.1. The molecule has 0 radical (unpaired) electrons. The van der Waals surface area contributed by atoms with Crippen LogP contribution in [0.1, 0.15) is 17.0 Å². The van der Waals surface area contributed by atoms with Crippen molar-refractivity contribution in [2.75, 3.05) is 13.1 Å². The molecule has 0 saturated carbocycles. The number of fused-ring (bicyclic) bond motifs is 3. The maximum atomic E-state index is 13.1. The van der Waals surface area contributed by atoms with Gasteiger partial charge in [0.15, 0.2) is 9.84 Å². The van der Waals surface area contributed by atoms with Crippen molar-refractivity contribution in [1.29, 1.82) is 0 Å². The van der Waals surface area contributed by atoms with E-state index in [1.807, 2.05) is 36.5 Å². The molecule has 4 heterocycles. The molecule has 136 valence electrons. The van der Waals surface area contributed by atoms with E-state index in [4.69, 9.17) is 0 Å². The van der Waals surface area contributed by atoms with Gasteiger partial charge in [-0.15, -0.1) is 0 Å². The van der Waals surface area contributed by atoms with E-state index in [2.05, 4.69) is 20.9 Å². The number of hydrogen-bond acceptors (Lipinski definition) is 5. The molecule has 0 bridgehead atoms. The highest BCUT2D eigenvalue weighted by atomic mass is 32.2. The summed E-state index contributed by atoms with van der Waals surface area (Å²) < 4.78 is 26.1. The highest BCUT2D eigenvalue weighted by Crippen LogP contribution is 2.46. The average Bonchev–Trinajstić information content (AvgIpc) is 3.21. The first-order valence-electron chi connectivity index (χ1n) is 9.02. The summed E-state index contributed by atoms with van der Waals surface area (Å²) in [7, 11) is -3.28. The summed E-state index contributed by atoms with van der Waals surface area (Å²) in [5, 5.41) is -0.350. The highest BCUT2D eigenvalue weighted by Gasteiger charge is 2.50. The van der Waals surface area contributed by atoms with Crippen LogP contribution in [0.2, 0.25) is 0 Å². The molecule has 5 rings (SSSR count). The van der Waals surface area contributed by atoms with Crippen molar-refractivity contribution < 1.29 is 8.42 Å². The summed E-state index contributed by atoms with van der Waals surface area (Å²) in [6.45, 7) is 2.06. The fraction of sp³-hybridized carbons (Fsp3) is 0.238. The number of likely N-dealkylation sites (tertiary alicyclic amines) is 1. The van der Waals surface area contributed by atoms with Crippen molar-refractivity contribution in [2.45, 2.75) is 22.6 Å². The molecular weight excluding hydrogens is 358 g/mol. The molecule has 2 atom stereocenters. The quantitative estimate of drug-likeness (QED) is 0.702. The molecule has 2 aromatic heterocycles. The van der Waals surface area contributed by atoms with Crippen LogP contribution in [0.5, 0.6) is 0 Å². The van der Waals surface area contributed by atoms with Crippen LogP contribution in [-0.4, -0.2) is 41.6 Å². The SMILES string of the molecule is O=S1(=O)c2ccc(-c3ccncc3)cc2[C@@H]2CN(Cc3cccnc3)C[C@@H]21. The van der Waals surface area contributed by atoms with Gasteiger partial charge >= 0.3 is 0 Å². The molecule has 0 spiro atoms. The largest absolute Gasteiger partial charge is 0.297 e. The van der Waals surface area contributed by atoms with Gasteiger partial charge in [-0.05, 0) is 52.6 Å². The van der Waals surface area contributed by atoms with Gasteiger partial charge in [0.1, 0.15) is 0 Å². The fourth-order valence-electron chi connectivity index (χ4n) is 4.33. The monoisotopic (exact) mass is 377 g/mol. The fourth-order valence-corrected chi connectivity index (χ4v) is 6.52. The first-order valence-corrected chi connectivity index (χ1v) is 10.6. The van der Waals surface area contributed by atoms with Crippen LogP contribution in [0.3, 0.4) is 0 Å². The first kappa shape index (κ1) is 16.6. The molecule has 2 aliphatic rings. The van der Waals surface area contributed by atoms with Gasteiger partial charge in [0.25, 0.3) is 0 Å². The Balaban J connectivity index is 1.49. The Morgan fingerprint density at radius 1 is 0.963 bits per heavy atom. The molecule has 3 aromatic rings. The maximum Gasteiger partial charge on any atom is 0.183 e. The lowest BCUT2D eigenvalue weighted by atomic mass is 9.95. The van der Waals surface area contributed by atoms with Crippen LogP contribution in [0.15, 0.2) is 72.1 Å². The summed E-state index contributed by atoms with van der Waals surface area (Å²) in [5.74, 6) is 0.0310. The van der Waals surface area contributed by atoms with E-state index < -0.39 is 9.84 Å². The summed E-state index contributed by atoms with van der Waals surface area (Å²) in [6.07, 6.45) is 7.11. The van der Waals surface area contributed by atoms with E-state index in [0.29, 0.717) is 11.4 Å². The third kappa shape index (κ3) is 2.76. The Bertz CT molecular complexity index is 1080. The van der Waals surface area contributed by atoms with E-state index in [-0.39, 0.29) is 11.2 Å². The third-order valence-corrected chi connectivity index (χ3v) is 7.86. The van der Waals surface area contributed by atoms with Crippen LogP contribution in [0.25, 0.3) is 11.1 Å².